The molecule has 2 fully saturated rings. The highest BCUT2D eigenvalue weighted by molar-refractivity contribution is 7.13. The van der Waals surface area contributed by atoms with E-state index in [0.29, 0.717) is 10.8 Å². The average Bonchev–Trinajstić information content (AvgIpc) is 3.26. The highest BCUT2D eigenvalue weighted by Crippen LogP contribution is 2.27. The summed E-state index contributed by atoms with van der Waals surface area (Å²) in [6.07, 6.45) is 8.30. The molecule has 0 radical (unpaired) electrons. The molecule has 1 N–H and O–H groups in total. The first-order valence-corrected chi connectivity index (χ1v) is 12.8. The summed E-state index contributed by atoms with van der Waals surface area (Å²) in [5.74, 6) is 0.275. The third-order valence-corrected chi connectivity index (χ3v) is 7.46. The fraction of sp³-hybridized carbons (Fsp3) is 0.750. The minimum atomic E-state index is -0.467. The van der Waals surface area contributed by atoms with Gasteiger partial charge in [0.15, 0.2) is 0 Å². The van der Waals surface area contributed by atoms with E-state index in [-0.39, 0.29) is 29.9 Å². The normalized spacial score (nSPS) is 22.0. The smallest absolute Gasteiger partial charge is 0.410 e. The van der Waals surface area contributed by atoms with Crippen LogP contribution < -0.4 is 5.32 Å². The molecule has 1 aliphatic heterocycles. The van der Waals surface area contributed by atoms with E-state index >= 15 is 0 Å². The van der Waals surface area contributed by atoms with Crippen molar-refractivity contribution < 1.29 is 23.9 Å². The summed E-state index contributed by atoms with van der Waals surface area (Å²) in [5, 5.41) is 4.07. The molecule has 8 nitrogen and oxygen atoms in total. The summed E-state index contributed by atoms with van der Waals surface area (Å²) in [7, 11) is 1.42. The first-order chi connectivity index (χ1) is 15.6. The van der Waals surface area contributed by atoms with Gasteiger partial charge in [-0.05, 0) is 78.1 Å². The summed E-state index contributed by atoms with van der Waals surface area (Å²) in [4.78, 5) is 43.4. The summed E-state index contributed by atoms with van der Waals surface area (Å²) >= 11 is 1.46. The number of carbonyl (C=O) groups excluding carboxylic acids is 3. The van der Waals surface area contributed by atoms with E-state index in [1.807, 2.05) is 20.8 Å². The minimum absolute atomic E-state index is 0.0471. The SMILES string of the molecule is COC(=O)[C@H]1CC[C@H](NC(=O)c2cnc(CCC3CCN(C(=O)OC(C)(C)C)CC3)s2)CC1. The van der Waals surface area contributed by atoms with Gasteiger partial charge in [0.1, 0.15) is 10.5 Å². The van der Waals surface area contributed by atoms with Crippen LogP contribution in [0.3, 0.4) is 0 Å². The Morgan fingerprint density at radius 3 is 2.39 bits per heavy atom. The standard InChI is InChI=1S/C24H37N3O5S/c1-24(2,3)32-23(30)27-13-11-16(12-14-27)5-10-20-25-15-19(33-20)21(28)26-18-8-6-17(7-9-18)22(29)31-4/h15-18H,5-14H2,1-4H3,(H,26,28)/t17-,18-. The molecule has 9 heteroatoms. The van der Waals surface area contributed by atoms with Crippen LogP contribution in [0.4, 0.5) is 4.79 Å². The number of thiazole rings is 1. The second-order valence-corrected chi connectivity index (χ2v) is 11.2. The van der Waals surface area contributed by atoms with E-state index in [4.69, 9.17) is 9.47 Å². The van der Waals surface area contributed by atoms with Gasteiger partial charge in [-0.25, -0.2) is 9.78 Å². The first kappa shape index (κ1) is 25.5. The van der Waals surface area contributed by atoms with Crippen LogP contribution in [-0.4, -0.2) is 59.7 Å². The minimum Gasteiger partial charge on any atom is -0.469 e. The number of ether oxygens (including phenoxy) is 2. The Morgan fingerprint density at radius 1 is 1.12 bits per heavy atom. The number of carbonyl (C=O) groups is 3. The predicted molar refractivity (Wildman–Crippen MR) is 126 cm³/mol. The molecule has 2 heterocycles. The number of methoxy groups -OCH3 is 1. The van der Waals surface area contributed by atoms with E-state index in [0.717, 1.165) is 69.5 Å². The first-order valence-electron chi connectivity index (χ1n) is 12.0. The van der Waals surface area contributed by atoms with Gasteiger partial charge in [0, 0.05) is 19.1 Å². The quantitative estimate of drug-likeness (QED) is 0.615. The van der Waals surface area contributed by atoms with Gasteiger partial charge in [0.25, 0.3) is 5.91 Å². The number of aromatic nitrogens is 1. The van der Waals surface area contributed by atoms with Crippen molar-refractivity contribution in [2.24, 2.45) is 11.8 Å². The molecular weight excluding hydrogens is 442 g/mol. The van der Waals surface area contributed by atoms with Crippen LogP contribution in [0.5, 0.6) is 0 Å². The number of hydrogen-bond donors (Lipinski definition) is 1. The van der Waals surface area contributed by atoms with Crippen molar-refractivity contribution in [3.8, 4) is 0 Å². The Hall–Kier alpha value is -2.16. The fourth-order valence-electron chi connectivity index (χ4n) is 4.49. The number of piperidine rings is 1. The van der Waals surface area contributed by atoms with E-state index in [2.05, 4.69) is 10.3 Å². The zero-order valence-electron chi connectivity index (χ0n) is 20.2. The van der Waals surface area contributed by atoms with Gasteiger partial charge in [0.05, 0.1) is 24.2 Å². The molecule has 0 spiro atoms. The fourth-order valence-corrected chi connectivity index (χ4v) is 5.32. The topological polar surface area (TPSA) is 97.8 Å². The Bertz CT molecular complexity index is 818. The number of esters is 1. The van der Waals surface area contributed by atoms with Crippen LogP contribution in [0.1, 0.15) is 80.4 Å². The summed E-state index contributed by atoms with van der Waals surface area (Å²) in [6, 6.07) is 0.0964. The second-order valence-electron chi connectivity index (χ2n) is 10.1. The van der Waals surface area contributed by atoms with Crippen LogP contribution in [0.2, 0.25) is 0 Å². The van der Waals surface area contributed by atoms with Crippen molar-refractivity contribution in [2.45, 2.75) is 83.8 Å². The van der Waals surface area contributed by atoms with E-state index in [1.54, 1.807) is 11.1 Å². The number of hydrogen-bond acceptors (Lipinski definition) is 7. The van der Waals surface area contributed by atoms with Gasteiger partial charge in [-0.3, -0.25) is 9.59 Å². The van der Waals surface area contributed by atoms with Crippen molar-refractivity contribution >= 4 is 29.3 Å². The molecule has 0 atom stereocenters. The Balaban J connectivity index is 1.38. The van der Waals surface area contributed by atoms with Gasteiger partial charge in [-0.15, -0.1) is 11.3 Å². The second kappa shape index (κ2) is 11.3. The molecule has 1 aromatic heterocycles. The summed E-state index contributed by atoms with van der Waals surface area (Å²) in [5.41, 5.74) is -0.467. The molecule has 0 bridgehead atoms. The van der Waals surface area contributed by atoms with Gasteiger partial charge < -0.3 is 19.7 Å². The summed E-state index contributed by atoms with van der Waals surface area (Å²) < 4.78 is 10.3. The number of nitrogens with one attached hydrogen (secondary N) is 1. The van der Waals surface area contributed by atoms with Gasteiger partial charge in [-0.1, -0.05) is 0 Å². The number of rotatable bonds is 6. The van der Waals surface area contributed by atoms with Crippen LogP contribution in [0.25, 0.3) is 0 Å². The lowest BCUT2D eigenvalue weighted by atomic mass is 9.86. The third kappa shape index (κ3) is 7.69. The molecular formula is C24H37N3O5S. The molecule has 1 saturated carbocycles. The molecule has 33 heavy (non-hydrogen) atoms. The molecule has 1 aromatic rings. The van der Waals surface area contributed by atoms with E-state index in [9.17, 15) is 14.4 Å². The van der Waals surface area contributed by atoms with Crippen molar-refractivity contribution in [1.82, 2.24) is 15.2 Å². The number of aryl methyl sites for hydroxylation is 1. The van der Waals surface area contributed by atoms with Crippen molar-refractivity contribution in [3.05, 3.63) is 16.1 Å². The monoisotopic (exact) mass is 479 g/mol. The van der Waals surface area contributed by atoms with Crippen molar-refractivity contribution in [3.63, 3.8) is 0 Å². The molecule has 0 aromatic carbocycles. The van der Waals surface area contributed by atoms with E-state index in [1.165, 1.54) is 18.4 Å². The Labute approximate surface area is 200 Å². The Morgan fingerprint density at radius 2 is 1.79 bits per heavy atom. The predicted octanol–water partition coefficient (Wildman–Crippen LogP) is 4.18. The number of nitrogens with zero attached hydrogens (tertiary/aromatic N) is 2. The van der Waals surface area contributed by atoms with Gasteiger partial charge in [-0.2, -0.15) is 0 Å². The number of likely N-dealkylation sites (tertiary alicyclic amines) is 1. The van der Waals surface area contributed by atoms with Crippen molar-refractivity contribution in [2.75, 3.05) is 20.2 Å². The lowest BCUT2D eigenvalue weighted by molar-refractivity contribution is -0.146. The van der Waals surface area contributed by atoms with E-state index < -0.39 is 5.60 Å². The zero-order chi connectivity index (χ0) is 24.0. The van der Waals surface area contributed by atoms with Crippen LogP contribution in [0.15, 0.2) is 6.20 Å². The largest absolute Gasteiger partial charge is 0.469 e. The summed E-state index contributed by atoms with van der Waals surface area (Å²) in [6.45, 7) is 7.11. The van der Waals surface area contributed by atoms with Crippen LogP contribution in [0, 0.1) is 11.8 Å². The maximum Gasteiger partial charge on any atom is 0.410 e. The van der Waals surface area contributed by atoms with Gasteiger partial charge in [0.2, 0.25) is 0 Å². The van der Waals surface area contributed by atoms with Crippen LogP contribution in [-0.2, 0) is 20.7 Å². The zero-order valence-corrected chi connectivity index (χ0v) is 21.0. The molecule has 1 saturated heterocycles. The molecule has 2 aliphatic rings. The third-order valence-electron chi connectivity index (χ3n) is 6.41. The van der Waals surface area contributed by atoms with Crippen LogP contribution >= 0.6 is 11.3 Å². The highest BCUT2D eigenvalue weighted by Gasteiger charge is 2.29. The highest BCUT2D eigenvalue weighted by atomic mass is 32.1. The lowest BCUT2D eigenvalue weighted by Crippen LogP contribution is -2.41. The molecule has 1 aliphatic carbocycles. The van der Waals surface area contributed by atoms with Crippen molar-refractivity contribution in [1.29, 1.82) is 0 Å². The van der Waals surface area contributed by atoms with Gasteiger partial charge >= 0.3 is 12.1 Å². The maximum absolute atomic E-state index is 12.6. The lowest BCUT2D eigenvalue weighted by Gasteiger charge is -2.33. The molecule has 3 rings (SSSR count). The maximum atomic E-state index is 12.6. The Kier molecular flexibility index (Phi) is 8.73. The number of amides is 2. The molecule has 184 valence electrons. The average molecular weight is 480 g/mol. The molecule has 2 amide bonds. The molecule has 0 unspecified atom stereocenters.